The number of alkyl halides is 1. The molecule has 2 atom stereocenters. The molecule has 0 amide bonds. The Hall–Kier alpha value is -3.11. The van der Waals surface area contributed by atoms with E-state index in [1.807, 2.05) is 13.0 Å². The van der Waals surface area contributed by atoms with Gasteiger partial charge >= 0.3 is 0 Å². The molecule has 37 heavy (non-hydrogen) atoms. The third-order valence-corrected chi connectivity index (χ3v) is 7.15. The number of benzene rings is 1. The molecule has 0 radical (unpaired) electrons. The number of anilines is 2. The number of ether oxygens (including phenoxy) is 2. The zero-order chi connectivity index (χ0) is 26.1. The van der Waals surface area contributed by atoms with Crippen molar-refractivity contribution < 1.29 is 18.3 Å². The normalized spacial score (nSPS) is 18.6. The molecular formula is C27H34F2N6O2. The summed E-state index contributed by atoms with van der Waals surface area (Å²) >= 11 is 0. The summed E-state index contributed by atoms with van der Waals surface area (Å²) in [7, 11) is 0. The van der Waals surface area contributed by atoms with Gasteiger partial charge < -0.3 is 19.7 Å². The number of halogens is 2. The molecule has 0 spiro atoms. The van der Waals surface area contributed by atoms with E-state index in [2.05, 4.69) is 38.9 Å². The van der Waals surface area contributed by atoms with Gasteiger partial charge in [0.05, 0.1) is 24.6 Å². The summed E-state index contributed by atoms with van der Waals surface area (Å²) in [5, 5.41) is 4.01. The number of nitrogens with zero attached hydrogens (tertiary/aromatic N) is 5. The van der Waals surface area contributed by atoms with E-state index in [4.69, 9.17) is 14.5 Å². The molecule has 10 heteroatoms. The number of nitrogens with one attached hydrogen (secondary N) is 1. The number of rotatable bonds is 8. The third-order valence-electron chi connectivity index (χ3n) is 7.15. The van der Waals surface area contributed by atoms with Crippen molar-refractivity contribution in [3.8, 4) is 5.88 Å². The summed E-state index contributed by atoms with van der Waals surface area (Å²) in [4.78, 5) is 18.3. The standard InChI is InChI=1S/C27H34F2N6O2/c1-16(2)34-8-10-35(11-9-34)23-12-22-25(30-15-31-26(22)33-27(23)37-19-13-36-14-19)32-18(4)21-7-5-6-20(17(3)28)24(21)29/h5-7,12,15-19H,8-11,13-14H2,1-4H3,(H,30,31,32,33)/t17?,18-/m1/s1. The number of piperazine rings is 1. The van der Waals surface area contributed by atoms with Crippen LogP contribution in [0.4, 0.5) is 20.3 Å². The number of hydrogen-bond acceptors (Lipinski definition) is 8. The van der Waals surface area contributed by atoms with Crippen LogP contribution in [0.15, 0.2) is 30.6 Å². The van der Waals surface area contributed by atoms with E-state index in [1.165, 1.54) is 19.3 Å². The second kappa shape index (κ2) is 10.7. The quantitative estimate of drug-likeness (QED) is 0.467. The Morgan fingerprint density at radius 2 is 1.78 bits per heavy atom. The Balaban J connectivity index is 1.48. The van der Waals surface area contributed by atoms with Crippen LogP contribution < -0.4 is 15.0 Å². The van der Waals surface area contributed by atoms with Crippen molar-refractivity contribution >= 4 is 22.5 Å². The van der Waals surface area contributed by atoms with Gasteiger partial charge in [-0.15, -0.1) is 0 Å². The summed E-state index contributed by atoms with van der Waals surface area (Å²) in [5.74, 6) is 0.520. The average Bonchev–Trinajstić information content (AvgIpc) is 2.86. The first-order valence-corrected chi connectivity index (χ1v) is 12.9. The van der Waals surface area contributed by atoms with E-state index in [0.717, 1.165) is 31.9 Å². The van der Waals surface area contributed by atoms with Crippen molar-refractivity contribution in [2.75, 3.05) is 49.6 Å². The van der Waals surface area contributed by atoms with Gasteiger partial charge in [-0.1, -0.05) is 18.2 Å². The topological polar surface area (TPSA) is 75.6 Å². The molecule has 2 aromatic heterocycles. The van der Waals surface area contributed by atoms with E-state index < -0.39 is 18.0 Å². The van der Waals surface area contributed by atoms with E-state index in [9.17, 15) is 4.39 Å². The lowest BCUT2D eigenvalue weighted by Crippen LogP contribution is -2.49. The minimum atomic E-state index is -1.39. The van der Waals surface area contributed by atoms with E-state index in [-0.39, 0.29) is 11.7 Å². The van der Waals surface area contributed by atoms with Crippen LogP contribution in [0.3, 0.4) is 0 Å². The van der Waals surface area contributed by atoms with Crippen LogP contribution in [0.2, 0.25) is 0 Å². The molecular weight excluding hydrogens is 478 g/mol. The molecule has 2 saturated heterocycles. The minimum absolute atomic E-state index is 0.0340. The van der Waals surface area contributed by atoms with Gasteiger partial charge in [0.15, 0.2) is 5.65 Å². The Bertz CT molecular complexity index is 1250. The van der Waals surface area contributed by atoms with E-state index >= 15 is 4.39 Å². The Morgan fingerprint density at radius 3 is 2.43 bits per heavy atom. The molecule has 0 aliphatic carbocycles. The lowest BCUT2D eigenvalue weighted by molar-refractivity contribution is -0.0810. The Kier molecular flexibility index (Phi) is 7.39. The predicted molar refractivity (Wildman–Crippen MR) is 139 cm³/mol. The highest BCUT2D eigenvalue weighted by Crippen LogP contribution is 2.35. The smallest absolute Gasteiger partial charge is 0.240 e. The molecule has 0 bridgehead atoms. The predicted octanol–water partition coefficient (Wildman–Crippen LogP) is 4.68. The largest absolute Gasteiger partial charge is 0.468 e. The van der Waals surface area contributed by atoms with Crippen LogP contribution in [0.1, 0.15) is 51.0 Å². The van der Waals surface area contributed by atoms with Gasteiger partial charge in [0.2, 0.25) is 5.88 Å². The van der Waals surface area contributed by atoms with Crippen molar-refractivity contribution in [3.05, 3.63) is 47.5 Å². The first-order chi connectivity index (χ1) is 17.8. The van der Waals surface area contributed by atoms with Gasteiger partial charge in [0.1, 0.15) is 35.9 Å². The highest BCUT2D eigenvalue weighted by Gasteiger charge is 2.28. The lowest BCUT2D eigenvalue weighted by Gasteiger charge is -2.39. The van der Waals surface area contributed by atoms with E-state index in [0.29, 0.717) is 47.6 Å². The highest BCUT2D eigenvalue weighted by molar-refractivity contribution is 5.90. The van der Waals surface area contributed by atoms with Gasteiger partial charge in [0.25, 0.3) is 0 Å². The zero-order valence-electron chi connectivity index (χ0n) is 21.7. The van der Waals surface area contributed by atoms with Crippen molar-refractivity contribution in [2.45, 2.75) is 52.1 Å². The van der Waals surface area contributed by atoms with Crippen LogP contribution in [0, 0.1) is 5.82 Å². The monoisotopic (exact) mass is 512 g/mol. The minimum Gasteiger partial charge on any atom is -0.468 e. The lowest BCUT2D eigenvalue weighted by atomic mass is 10.0. The van der Waals surface area contributed by atoms with Crippen molar-refractivity contribution in [1.29, 1.82) is 0 Å². The molecule has 0 saturated carbocycles. The van der Waals surface area contributed by atoms with E-state index in [1.54, 1.807) is 12.1 Å². The maximum atomic E-state index is 15.0. The Labute approximate surface area is 216 Å². The number of fused-ring (bicyclic) bond motifs is 1. The molecule has 1 unspecified atom stereocenters. The molecule has 5 rings (SSSR count). The molecule has 8 nitrogen and oxygen atoms in total. The van der Waals surface area contributed by atoms with Gasteiger partial charge in [-0.3, -0.25) is 4.90 Å². The molecule has 4 heterocycles. The van der Waals surface area contributed by atoms with Crippen LogP contribution in [0.5, 0.6) is 5.88 Å². The zero-order valence-corrected chi connectivity index (χ0v) is 21.7. The van der Waals surface area contributed by atoms with Crippen LogP contribution in [-0.4, -0.2) is 71.4 Å². The first-order valence-electron chi connectivity index (χ1n) is 12.9. The number of aromatic nitrogens is 3. The van der Waals surface area contributed by atoms with Crippen LogP contribution in [0.25, 0.3) is 11.0 Å². The van der Waals surface area contributed by atoms with Crippen LogP contribution >= 0.6 is 0 Å². The van der Waals surface area contributed by atoms with Gasteiger partial charge in [-0.05, 0) is 33.8 Å². The maximum Gasteiger partial charge on any atom is 0.240 e. The first kappa shape index (κ1) is 25.5. The van der Waals surface area contributed by atoms with Crippen LogP contribution in [-0.2, 0) is 4.74 Å². The fourth-order valence-corrected chi connectivity index (χ4v) is 4.80. The van der Waals surface area contributed by atoms with Gasteiger partial charge in [-0.2, -0.15) is 4.98 Å². The SMILES string of the molecule is CC(F)c1cccc([C@@H](C)Nc2ncnc3nc(OC4COC4)c(N4CCN(C(C)C)CC4)cc23)c1F. The summed E-state index contributed by atoms with van der Waals surface area (Å²) in [5.41, 5.74) is 1.78. The molecule has 198 valence electrons. The highest BCUT2D eigenvalue weighted by atomic mass is 19.1. The summed E-state index contributed by atoms with van der Waals surface area (Å²) in [6.45, 7) is 12.2. The van der Waals surface area contributed by atoms with Crippen molar-refractivity contribution in [2.24, 2.45) is 0 Å². The average molecular weight is 513 g/mol. The summed E-state index contributed by atoms with van der Waals surface area (Å²) in [6, 6.07) is 6.84. The summed E-state index contributed by atoms with van der Waals surface area (Å²) < 4.78 is 40.4. The van der Waals surface area contributed by atoms with Gasteiger partial charge in [0, 0.05) is 43.3 Å². The molecule has 1 N–H and O–H groups in total. The molecule has 1 aromatic carbocycles. The second-order valence-electron chi connectivity index (χ2n) is 10.0. The molecule has 2 fully saturated rings. The Morgan fingerprint density at radius 1 is 1.05 bits per heavy atom. The fourth-order valence-electron chi connectivity index (χ4n) is 4.80. The third kappa shape index (κ3) is 5.31. The summed E-state index contributed by atoms with van der Waals surface area (Å²) in [6.07, 6.45) is 0.000633. The van der Waals surface area contributed by atoms with Gasteiger partial charge in [-0.25, -0.2) is 18.7 Å². The second-order valence-corrected chi connectivity index (χ2v) is 10.0. The fraction of sp³-hybridized carbons (Fsp3) is 0.519. The number of pyridine rings is 1. The molecule has 2 aliphatic rings. The van der Waals surface area contributed by atoms with Crippen molar-refractivity contribution in [1.82, 2.24) is 19.9 Å². The van der Waals surface area contributed by atoms with Crippen molar-refractivity contribution in [3.63, 3.8) is 0 Å². The molecule has 3 aromatic rings. The maximum absolute atomic E-state index is 15.0. The number of hydrogen-bond donors (Lipinski definition) is 1. The molecule has 2 aliphatic heterocycles.